The first-order valence-electron chi connectivity index (χ1n) is 16.5. The Kier molecular flexibility index (Phi) is 5.32. The molecule has 0 spiro atoms. The molecule has 0 saturated carbocycles. The molecule has 0 aliphatic rings. The van der Waals surface area contributed by atoms with Gasteiger partial charge >= 0.3 is 0 Å². The minimum atomic E-state index is 1.15. The first kappa shape index (κ1) is 26.1. The van der Waals surface area contributed by atoms with Crippen LogP contribution in [0, 0.1) is 0 Å². The van der Waals surface area contributed by atoms with Crippen LogP contribution in [0.2, 0.25) is 0 Å². The molecular formula is C46H27NS. The summed E-state index contributed by atoms with van der Waals surface area (Å²) < 4.78 is 2.61. The van der Waals surface area contributed by atoms with E-state index in [0.29, 0.717) is 0 Å². The summed E-state index contributed by atoms with van der Waals surface area (Å²) in [5, 5.41) is 18.1. The highest BCUT2D eigenvalue weighted by Crippen LogP contribution is 2.48. The van der Waals surface area contributed by atoms with Crippen LogP contribution < -0.4 is 4.90 Å². The molecule has 0 bridgehead atoms. The summed E-state index contributed by atoms with van der Waals surface area (Å²) in [5.41, 5.74) is 3.50. The zero-order valence-electron chi connectivity index (χ0n) is 25.9. The lowest BCUT2D eigenvalue weighted by Gasteiger charge is -2.27. The Hall–Kier alpha value is -5.96. The Morgan fingerprint density at radius 1 is 0.333 bits per heavy atom. The number of fused-ring (bicyclic) bond motifs is 5. The predicted octanol–water partition coefficient (Wildman–Crippen LogP) is 13.9. The molecule has 222 valence electrons. The van der Waals surface area contributed by atoms with E-state index in [2.05, 4.69) is 169 Å². The zero-order valence-corrected chi connectivity index (χ0v) is 26.8. The normalized spacial score (nSPS) is 12.2. The van der Waals surface area contributed by atoms with E-state index < -0.39 is 0 Å². The number of benzene rings is 9. The third kappa shape index (κ3) is 3.55. The molecule has 0 unspecified atom stereocenters. The Bertz CT molecular complexity index is 3060. The van der Waals surface area contributed by atoms with Crippen molar-refractivity contribution in [2.24, 2.45) is 0 Å². The van der Waals surface area contributed by atoms with E-state index in [1.54, 1.807) is 0 Å². The molecule has 11 rings (SSSR count). The van der Waals surface area contributed by atoms with E-state index >= 15 is 0 Å². The first-order valence-corrected chi connectivity index (χ1v) is 17.3. The summed E-state index contributed by atoms with van der Waals surface area (Å²) in [6.07, 6.45) is 0. The summed E-state index contributed by atoms with van der Waals surface area (Å²) in [5.74, 6) is 0. The van der Waals surface area contributed by atoms with Gasteiger partial charge in [-0.2, -0.15) is 0 Å². The van der Waals surface area contributed by atoms with Gasteiger partial charge in [0.2, 0.25) is 0 Å². The smallest absolute Gasteiger partial charge is 0.0640 e. The van der Waals surface area contributed by atoms with Gasteiger partial charge < -0.3 is 4.90 Å². The van der Waals surface area contributed by atoms with Gasteiger partial charge in [0.15, 0.2) is 0 Å². The number of hydrogen-bond acceptors (Lipinski definition) is 2. The fourth-order valence-corrected chi connectivity index (χ4v) is 9.52. The average Bonchev–Trinajstić information content (AvgIpc) is 3.53. The molecule has 0 aliphatic carbocycles. The lowest BCUT2D eigenvalue weighted by atomic mass is 9.87. The zero-order chi connectivity index (χ0) is 31.3. The van der Waals surface area contributed by atoms with Crippen molar-refractivity contribution in [2.75, 3.05) is 4.90 Å². The molecule has 0 amide bonds. The van der Waals surface area contributed by atoms with E-state index in [4.69, 9.17) is 0 Å². The molecule has 0 aliphatic heterocycles. The SMILES string of the molecule is c1ccc(N(c2cc3ccc4cccc5c6cccc7ccc8cccc(c(c2)c3c45)c8c76)c2cccc3c2sc2ccccc23)cc1. The molecule has 1 heterocycles. The quantitative estimate of drug-likeness (QED) is 0.177. The van der Waals surface area contributed by atoms with Gasteiger partial charge in [-0.1, -0.05) is 127 Å². The van der Waals surface area contributed by atoms with Gasteiger partial charge in [0.25, 0.3) is 0 Å². The van der Waals surface area contributed by atoms with Crippen molar-refractivity contribution in [2.45, 2.75) is 0 Å². The molecule has 11 aromatic rings. The maximum absolute atomic E-state index is 2.47. The number of nitrogens with zero attached hydrogens (tertiary/aromatic N) is 1. The monoisotopic (exact) mass is 625 g/mol. The molecule has 10 aromatic carbocycles. The van der Waals surface area contributed by atoms with Gasteiger partial charge in [0.05, 0.1) is 10.4 Å². The molecule has 1 nitrogen and oxygen atoms in total. The minimum absolute atomic E-state index is 1.15. The second-order valence-corrected chi connectivity index (χ2v) is 13.9. The van der Waals surface area contributed by atoms with E-state index in [1.807, 2.05) is 11.3 Å². The minimum Gasteiger partial charge on any atom is -0.309 e. The Balaban J connectivity index is 1.35. The lowest BCUT2D eigenvalue weighted by molar-refractivity contribution is 1.31. The van der Waals surface area contributed by atoms with Gasteiger partial charge in [0, 0.05) is 26.8 Å². The van der Waals surface area contributed by atoms with Crippen molar-refractivity contribution in [1.82, 2.24) is 0 Å². The van der Waals surface area contributed by atoms with Crippen LogP contribution in [0.25, 0.3) is 84.8 Å². The fourth-order valence-electron chi connectivity index (χ4n) is 8.31. The van der Waals surface area contributed by atoms with Crippen molar-refractivity contribution < 1.29 is 0 Å². The van der Waals surface area contributed by atoms with Crippen molar-refractivity contribution in [3.63, 3.8) is 0 Å². The number of anilines is 3. The Morgan fingerprint density at radius 2 is 0.854 bits per heavy atom. The van der Waals surface area contributed by atoms with Crippen molar-refractivity contribution in [3.8, 4) is 0 Å². The second kappa shape index (κ2) is 9.78. The van der Waals surface area contributed by atoms with E-state index in [-0.39, 0.29) is 0 Å². The standard InChI is InChI=1S/C46H27NS/c1-2-13-32(14-3-1)47(40-20-9-19-38-34-15-4-5-21-41(34)48-46(38)40)33-26-31-25-24-30-11-7-17-36-35-16-6-10-28-22-23-29-12-8-18-37(44(29)42(28)35)39(27-33)45(31)43(30)36/h1-27H. The van der Waals surface area contributed by atoms with Gasteiger partial charge in [-0.3, -0.25) is 0 Å². The number of para-hydroxylation sites is 1. The van der Waals surface area contributed by atoms with Crippen molar-refractivity contribution in [1.29, 1.82) is 0 Å². The molecule has 0 radical (unpaired) electrons. The van der Waals surface area contributed by atoms with E-state index in [1.165, 1.54) is 90.5 Å². The second-order valence-electron chi connectivity index (χ2n) is 12.9. The molecular weight excluding hydrogens is 599 g/mol. The molecule has 1 aromatic heterocycles. The highest BCUT2D eigenvalue weighted by molar-refractivity contribution is 7.26. The molecule has 0 N–H and O–H groups in total. The van der Waals surface area contributed by atoms with Crippen LogP contribution >= 0.6 is 11.3 Å². The highest BCUT2D eigenvalue weighted by atomic mass is 32.1. The Morgan fingerprint density at radius 3 is 1.54 bits per heavy atom. The van der Waals surface area contributed by atoms with E-state index in [9.17, 15) is 0 Å². The van der Waals surface area contributed by atoms with E-state index in [0.717, 1.165) is 11.4 Å². The molecule has 0 atom stereocenters. The van der Waals surface area contributed by atoms with Gasteiger partial charge in [-0.15, -0.1) is 11.3 Å². The van der Waals surface area contributed by atoms with Crippen LogP contribution in [0.15, 0.2) is 164 Å². The Labute approximate surface area is 280 Å². The fraction of sp³-hybridized carbons (Fsp3) is 0. The summed E-state index contributed by atoms with van der Waals surface area (Å²) in [6, 6.07) is 60.9. The van der Waals surface area contributed by atoms with Crippen LogP contribution in [0.5, 0.6) is 0 Å². The molecule has 2 heteroatoms. The summed E-state index contributed by atoms with van der Waals surface area (Å²) in [6.45, 7) is 0. The van der Waals surface area contributed by atoms with Crippen molar-refractivity contribution in [3.05, 3.63) is 164 Å². The van der Waals surface area contributed by atoms with Crippen LogP contribution in [0.3, 0.4) is 0 Å². The highest BCUT2D eigenvalue weighted by Gasteiger charge is 2.21. The lowest BCUT2D eigenvalue weighted by Crippen LogP contribution is -2.10. The third-order valence-electron chi connectivity index (χ3n) is 10.3. The van der Waals surface area contributed by atoms with Crippen LogP contribution in [0.1, 0.15) is 0 Å². The summed E-state index contributed by atoms with van der Waals surface area (Å²) >= 11 is 1.88. The van der Waals surface area contributed by atoms with Gasteiger partial charge in [-0.05, 0) is 101 Å². The van der Waals surface area contributed by atoms with Crippen LogP contribution in [-0.2, 0) is 0 Å². The average molecular weight is 626 g/mol. The molecule has 0 fully saturated rings. The summed E-state index contributed by atoms with van der Waals surface area (Å²) in [4.78, 5) is 2.47. The number of thiophene rings is 1. The van der Waals surface area contributed by atoms with Gasteiger partial charge in [-0.25, -0.2) is 0 Å². The van der Waals surface area contributed by atoms with Crippen LogP contribution in [-0.4, -0.2) is 0 Å². The topological polar surface area (TPSA) is 3.24 Å². The summed E-state index contributed by atoms with van der Waals surface area (Å²) in [7, 11) is 0. The first-order chi connectivity index (χ1) is 23.8. The predicted molar refractivity (Wildman–Crippen MR) is 210 cm³/mol. The van der Waals surface area contributed by atoms with Gasteiger partial charge in [0.1, 0.15) is 0 Å². The van der Waals surface area contributed by atoms with Crippen molar-refractivity contribution >= 4 is 113 Å². The van der Waals surface area contributed by atoms with Crippen LogP contribution in [0.4, 0.5) is 17.1 Å². The molecule has 48 heavy (non-hydrogen) atoms. The largest absolute Gasteiger partial charge is 0.309 e. The molecule has 0 saturated heterocycles. The maximum Gasteiger partial charge on any atom is 0.0640 e. The maximum atomic E-state index is 2.47. The number of hydrogen-bond donors (Lipinski definition) is 0. The number of rotatable bonds is 3. The third-order valence-corrected chi connectivity index (χ3v) is 11.5.